The van der Waals surface area contributed by atoms with Gasteiger partial charge in [-0.3, -0.25) is 9.80 Å². The molecule has 3 heterocycles. The van der Waals surface area contributed by atoms with E-state index in [-0.39, 0.29) is 12.5 Å². The Morgan fingerprint density at radius 2 is 2.30 bits per heavy atom. The van der Waals surface area contributed by atoms with Gasteiger partial charge < -0.3 is 14.6 Å². The molecule has 0 spiro atoms. The van der Waals surface area contributed by atoms with Gasteiger partial charge in [0.05, 0.1) is 11.4 Å². The van der Waals surface area contributed by atoms with Crippen molar-refractivity contribution < 1.29 is 15.0 Å². The van der Waals surface area contributed by atoms with Crippen molar-refractivity contribution in [2.75, 3.05) is 6.54 Å². The number of aliphatic carboxylic acids is 1. The summed E-state index contributed by atoms with van der Waals surface area (Å²) in [4.78, 5) is 11.9. The number of hydrogen-bond acceptors (Lipinski definition) is 5. The molecule has 0 bridgehead atoms. The predicted molar refractivity (Wildman–Crippen MR) is 76.0 cm³/mol. The molecule has 0 radical (unpaired) electrons. The van der Waals surface area contributed by atoms with Crippen LogP contribution in [0.25, 0.3) is 4.83 Å². The summed E-state index contributed by atoms with van der Waals surface area (Å²) < 4.78 is 2.00. The Labute approximate surface area is 119 Å². The first kappa shape index (κ1) is 13.1. The molecule has 0 saturated carbocycles. The molecular weight excluding hydrogens is 278 g/mol. The fourth-order valence-corrected chi connectivity index (χ4v) is 3.22. The second-order valence-corrected chi connectivity index (χ2v) is 5.99. The average Bonchev–Trinajstić information content (AvgIpc) is 2.92. The number of aromatic nitrogens is 1. The van der Waals surface area contributed by atoms with Crippen LogP contribution in [-0.4, -0.2) is 37.8 Å². The Balaban J connectivity index is 2.17. The third-order valence-electron chi connectivity index (χ3n) is 3.31. The van der Waals surface area contributed by atoms with Gasteiger partial charge in [-0.1, -0.05) is 13.8 Å². The average molecular weight is 293 g/mol. The number of aliphatic hydroxyl groups is 1. The Hall–Kier alpha value is -1.86. The number of hydrogen-bond donors (Lipinski definition) is 2. The lowest BCUT2D eigenvalue weighted by atomic mass is 10.00. The molecule has 3 rings (SSSR count). The first-order valence-electron chi connectivity index (χ1n) is 6.33. The summed E-state index contributed by atoms with van der Waals surface area (Å²) in [6.45, 7) is 3.69. The number of carboxylic acid groups (broad SMARTS) is 1. The van der Waals surface area contributed by atoms with Crippen molar-refractivity contribution in [1.29, 1.82) is 0 Å². The van der Waals surface area contributed by atoms with Gasteiger partial charge in [0.25, 0.3) is 0 Å². The van der Waals surface area contributed by atoms with E-state index in [4.69, 9.17) is 5.11 Å². The summed E-state index contributed by atoms with van der Waals surface area (Å²) in [5, 5.41) is 26.8. The van der Waals surface area contributed by atoms with Crippen LogP contribution in [0, 0.1) is 5.92 Å². The van der Waals surface area contributed by atoms with E-state index in [1.54, 1.807) is 11.3 Å². The summed E-state index contributed by atoms with van der Waals surface area (Å²) in [7, 11) is 0. The summed E-state index contributed by atoms with van der Waals surface area (Å²) in [6.07, 6.45) is 0.923. The van der Waals surface area contributed by atoms with Gasteiger partial charge in [0.15, 0.2) is 6.23 Å². The molecule has 1 atom stereocenters. The normalized spacial score (nSPS) is 18.5. The molecule has 0 aromatic carbocycles. The van der Waals surface area contributed by atoms with Crippen molar-refractivity contribution in [2.24, 2.45) is 11.0 Å². The van der Waals surface area contributed by atoms with E-state index in [9.17, 15) is 9.90 Å². The van der Waals surface area contributed by atoms with Crippen LogP contribution in [0.3, 0.4) is 0 Å². The Morgan fingerprint density at radius 3 is 2.95 bits per heavy atom. The SMILES string of the molecule is CC(C)C1=NN(CC(=O)O)C(O)c2cc3sccn3c21. The number of rotatable bonds is 3. The van der Waals surface area contributed by atoms with E-state index in [0.29, 0.717) is 0 Å². The third-order valence-corrected chi connectivity index (χ3v) is 4.13. The number of aliphatic hydroxyl groups excluding tert-OH is 1. The molecule has 2 aromatic heterocycles. The molecule has 0 aliphatic carbocycles. The highest BCUT2D eigenvalue weighted by atomic mass is 32.1. The highest BCUT2D eigenvalue weighted by molar-refractivity contribution is 7.15. The highest BCUT2D eigenvalue weighted by Crippen LogP contribution is 2.34. The molecule has 2 N–H and O–H groups in total. The molecule has 2 aromatic rings. The van der Waals surface area contributed by atoms with Crippen LogP contribution in [0.1, 0.15) is 31.3 Å². The van der Waals surface area contributed by atoms with Crippen molar-refractivity contribution >= 4 is 27.8 Å². The van der Waals surface area contributed by atoms with Crippen molar-refractivity contribution in [3.8, 4) is 0 Å². The molecule has 106 valence electrons. The molecule has 20 heavy (non-hydrogen) atoms. The Kier molecular flexibility index (Phi) is 3.02. The van der Waals surface area contributed by atoms with Crippen LogP contribution in [0.2, 0.25) is 0 Å². The van der Waals surface area contributed by atoms with Crippen molar-refractivity contribution in [2.45, 2.75) is 20.1 Å². The maximum absolute atomic E-state index is 10.9. The van der Waals surface area contributed by atoms with E-state index in [1.165, 1.54) is 5.01 Å². The lowest BCUT2D eigenvalue weighted by Crippen LogP contribution is -2.36. The molecule has 0 fully saturated rings. The van der Waals surface area contributed by atoms with Crippen LogP contribution in [0.4, 0.5) is 0 Å². The molecule has 0 amide bonds. The predicted octanol–water partition coefficient (Wildman–Crippen LogP) is 1.75. The fraction of sp³-hybridized carbons (Fsp3) is 0.385. The Morgan fingerprint density at radius 1 is 1.55 bits per heavy atom. The van der Waals surface area contributed by atoms with Gasteiger partial charge in [-0.25, -0.2) is 0 Å². The zero-order valence-electron chi connectivity index (χ0n) is 11.1. The lowest BCUT2D eigenvalue weighted by Gasteiger charge is -2.30. The second kappa shape index (κ2) is 4.60. The fourth-order valence-electron chi connectivity index (χ4n) is 2.44. The maximum Gasteiger partial charge on any atom is 0.325 e. The number of carboxylic acids is 1. The number of hydrazone groups is 1. The van der Waals surface area contributed by atoms with E-state index < -0.39 is 12.2 Å². The van der Waals surface area contributed by atoms with E-state index in [0.717, 1.165) is 21.8 Å². The summed E-state index contributed by atoms with van der Waals surface area (Å²) >= 11 is 1.57. The molecular formula is C13H15N3O3S. The van der Waals surface area contributed by atoms with Crippen LogP contribution < -0.4 is 0 Å². The largest absolute Gasteiger partial charge is 0.480 e. The zero-order chi connectivity index (χ0) is 14.4. The topological polar surface area (TPSA) is 77.5 Å². The van der Waals surface area contributed by atoms with Gasteiger partial charge in [-0.2, -0.15) is 5.10 Å². The number of thiazole rings is 1. The summed E-state index contributed by atoms with van der Waals surface area (Å²) in [5.41, 5.74) is 2.40. The summed E-state index contributed by atoms with van der Waals surface area (Å²) in [5.74, 6) is -0.879. The van der Waals surface area contributed by atoms with Crippen LogP contribution in [0.5, 0.6) is 0 Å². The molecule has 0 saturated heterocycles. The van der Waals surface area contributed by atoms with Crippen LogP contribution in [-0.2, 0) is 4.79 Å². The van der Waals surface area contributed by atoms with Gasteiger partial charge in [-0.05, 0) is 12.0 Å². The Bertz CT molecular complexity index is 701. The van der Waals surface area contributed by atoms with E-state index in [1.807, 2.05) is 35.9 Å². The minimum absolute atomic E-state index is 0.135. The van der Waals surface area contributed by atoms with Gasteiger partial charge >= 0.3 is 5.97 Å². The van der Waals surface area contributed by atoms with Gasteiger partial charge in [0.2, 0.25) is 0 Å². The summed E-state index contributed by atoms with van der Waals surface area (Å²) in [6, 6.07) is 1.90. The smallest absolute Gasteiger partial charge is 0.325 e. The minimum atomic E-state index is -1.02. The standard InChI is InChI=1S/C13H15N3O3S/c1-7(2)11-12-8(5-9-15(12)3-4-20-9)13(19)16(14-11)6-10(17)18/h3-5,7,13,19H,6H2,1-2H3,(H,17,18). The second-order valence-electron chi connectivity index (χ2n) is 5.06. The van der Waals surface area contributed by atoms with Crippen molar-refractivity contribution in [3.63, 3.8) is 0 Å². The maximum atomic E-state index is 10.9. The lowest BCUT2D eigenvalue weighted by molar-refractivity contribution is -0.141. The quantitative estimate of drug-likeness (QED) is 0.904. The molecule has 1 aliphatic rings. The molecule has 1 aliphatic heterocycles. The van der Waals surface area contributed by atoms with Crippen LogP contribution in [0.15, 0.2) is 22.7 Å². The molecule has 1 unspecified atom stereocenters. The van der Waals surface area contributed by atoms with Crippen LogP contribution >= 0.6 is 11.3 Å². The van der Waals surface area contributed by atoms with Gasteiger partial charge in [-0.15, -0.1) is 11.3 Å². The first-order chi connectivity index (χ1) is 9.49. The third kappa shape index (κ3) is 1.90. The van der Waals surface area contributed by atoms with Gasteiger partial charge in [0, 0.05) is 17.1 Å². The number of fused-ring (bicyclic) bond motifs is 3. The zero-order valence-corrected chi connectivity index (χ0v) is 12.0. The molecule has 7 heteroatoms. The monoisotopic (exact) mass is 293 g/mol. The first-order valence-corrected chi connectivity index (χ1v) is 7.21. The number of nitrogens with zero attached hydrogens (tertiary/aromatic N) is 3. The van der Waals surface area contributed by atoms with Gasteiger partial charge in [0.1, 0.15) is 11.4 Å². The van der Waals surface area contributed by atoms with Crippen molar-refractivity contribution in [3.05, 3.63) is 28.9 Å². The minimum Gasteiger partial charge on any atom is -0.480 e. The van der Waals surface area contributed by atoms with Crippen molar-refractivity contribution in [1.82, 2.24) is 9.41 Å². The van der Waals surface area contributed by atoms with E-state index in [2.05, 4.69) is 5.10 Å². The molecule has 6 nitrogen and oxygen atoms in total. The van der Waals surface area contributed by atoms with E-state index >= 15 is 0 Å². The highest BCUT2D eigenvalue weighted by Gasteiger charge is 2.32. The number of carbonyl (C=O) groups is 1.